The van der Waals surface area contributed by atoms with Crippen LogP contribution in [0, 0.1) is 0 Å². The Morgan fingerprint density at radius 3 is 2.00 bits per heavy atom. The van der Waals surface area contributed by atoms with Crippen LogP contribution in [0.25, 0.3) is 44.2 Å². The molecule has 29 heavy (non-hydrogen) atoms. The SMILES string of the molecule is CC(C)c1nc2c(ccc3cccc(-c4ccccc4)c32)nc1-c1ccccc1. The minimum atomic E-state index is 0.279. The largest absolute Gasteiger partial charge is 0.248 e. The topological polar surface area (TPSA) is 25.8 Å². The quantitative estimate of drug-likeness (QED) is 0.311. The Morgan fingerprint density at radius 2 is 1.31 bits per heavy atom. The Bertz CT molecular complexity index is 1310. The highest BCUT2D eigenvalue weighted by molar-refractivity contribution is 6.12. The molecule has 0 fully saturated rings. The molecule has 0 aliphatic carbocycles. The lowest BCUT2D eigenvalue weighted by Gasteiger charge is -2.15. The third-order valence-corrected chi connectivity index (χ3v) is 5.38. The molecule has 0 atom stereocenters. The van der Waals surface area contributed by atoms with Gasteiger partial charge in [0, 0.05) is 10.9 Å². The van der Waals surface area contributed by atoms with E-state index in [1.807, 2.05) is 6.07 Å². The van der Waals surface area contributed by atoms with Crippen molar-refractivity contribution in [3.63, 3.8) is 0 Å². The van der Waals surface area contributed by atoms with Gasteiger partial charge in [-0.3, -0.25) is 0 Å². The van der Waals surface area contributed by atoms with E-state index in [2.05, 4.69) is 98.8 Å². The monoisotopic (exact) mass is 374 g/mol. The molecule has 1 heterocycles. The molecule has 0 aliphatic heterocycles. The van der Waals surface area contributed by atoms with Crippen LogP contribution in [0.3, 0.4) is 0 Å². The second-order valence-electron chi connectivity index (χ2n) is 7.68. The third-order valence-electron chi connectivity index (χ3n) is 5.38. The molecule has 4 aromatic carbocycles. The van der Waals surface area contributed by atoms with Gasteiger partial charge in [0.25, 0.3) is 0 Å². The summed E-state index contributed by atoms with van der Waals surface area (Å²) < 4.78 is 0. The van der Waals surface area contributed by atoms with Crippen LogP contribution in [0.5, 0.6) is 0 Å². The Balaban J connectivity index is 1.87. The number of aromatic nitrogens is 2. The van der Waals surface area contributed by atoms with Crippen molar-refractivity contribution >= 4 is 21.8 Å². The zero-order valence-corrected chi connectivity index (χ0v) is 16.6. The highest BCUT2D eigenvalue weighted by Crippen LogP contribution is 2.35. The van der Waals surface area contributed by atoms with E-state index in [4.69, 9.17) is 9.97 Å². The summed E-state index contributed by atoms with van der Waals surface area (Å²) in [5.41, 5.74) is 7.44. The zero-order valence-electron chi connectivity index (χ0n) is 16.6. The first-order valence-electron chi connectivity index (χ1n) is 10.1. The van der Waals surface area contributed by atoms with Crippen LogP contribution in [0.4, 0.5) is 0 Å². The first-order valence-corrected chi connectivity index (χ1v) is 10.1. The number of rotatable bonds is 3. The Kier molecular flexibility index (Phi) is 4.33. The predicted molar refractivity (Wildman–Crippen MR) is 122 cm³/mol. The fourth-order valence-electron chi connectivity index (χ4n) is 3.97. The lowest BCUT2D eigenvalue weighted by Crippen LogP contribution is -2.01. The van der Waals surface area contributed by atoms with E-state index in [0.29, 0.717) is 0 Å². The smallest absolute Gasteiger partial charge is 0.0975 e. The molecular weight excluding hydrogens is 352 g/mol. The number of hydrogen-bond donors (Lipinski definition) is 0. The molecule has 0 aliphatic rings. The van der Waals surface area contributed by atoms with Crippen molar-refractivity contribution in [3.8, 4) is 22.4 Å². The highest BCUT2D eigenvalue weighted by atomic mass is 14.8. The minimum absolute atomic E-state index is 0.279. The van der Waals surface area contributed by atoms with Crippen molar-refractivity contribution in [2.45, 2.75) is 19.8 Å². The van der Waals surface area contributed by atoms with Gasteiger partial charge in [-0.05, 0) is 28.5 Å². The van der Waals surface area contributed by atoms with Gasteiger partial charge in [-0.15, -0.1) is 0 Å². The van der Waals surface area contributed by atoms with Crippen LogP contribution in [-0.4, -0.2) is 9.97 Å². The van der Waals surface area contributed by atoms with Gasteiger partial charge in [0.05, 0.1) is 22.4 Å². The highest BCUT2D eigenvalue weighted by Gasteiger charge is 2.17. The molecule has 5 aromatic rings. The van der Waals surface area contributed by atoms with Crippen LogP contribution >= 0.6 is 0 Å². The molecule has 0 saturated heterocycles. The third kappa shape index (κ3) is 3.07. The lowest BCUT2D eigenvalue weighted by molar-refractivity contribution is 0.826. The van der Waals surface area contributed by atoms with Crippen LogP contribution < -0.4 is 0 Å². The van der Waals surface area contributed by atoms with Crippen LogP contribution in [-0.2, 0) is 0 Å². The standard InChI is InChI=1S/C27H22N2/c1-18(2)25-26(21-12-7-4-8-13-21)28-23-17-16-20-14-9-15-22(24(20)27(23)29-25)19-10-5-3-6-11-19/h3-18H,1-2H3. The van der Waals surface area contributed by atoms with E-state index in [1.165, 1.54) is 21.9 Å². The molecule has 0 radical (unpaired) electrons. The summed E-state index contributed by atoms with van der Waals surface area (Å²) in [6, 6.07) is 31.6. The number of benzene rings is 4. The van der Waals surface area contributed by atoms with E-state index < -0.39 is 0 Å². The van der Waals surface area contributed by atoms with E-state index in [-0.39, 0.29) is 5.92 Å². The molecule has 140 valence electrons. The molecule has 0 saturated carbocycles. The van der Waals surface area contributed by atoms with Gasteiger partial charge >= 0.3 is 0 Å². The van der Waals surface area contributed by atoms with Gasteiger partial charge in [0.15, 0.2) is 0 Å². The summed E-state index contributed by atoms with van der Waals surface area (Å²) >= 11 is 0. The van der Waals surface area contributed by atoms with Crippen LogP contribution in [0.2, 0.25) is 0 Å². The van der Waals surface area contributed by atoms with Crippen molar-refractivity contribution < 1.29 is 0 Å². The Morgan fingerprint density at radius 1 is 0.621 bits per heavy atom. The van der Waals surface area contributed by atoms with Crippen molar-refractivity contribution in [2.24, 2.45) is 0 Å². The number of fused-ring (bicyclic) bond motifs is 3. The average molecular weight is 374 g/mol. The van der Waals surface area contributed by atoms with Gasteiger partial charge in [-0.1, -0.05) is 98.8 Å². The average Bonchev–Trinajstić information content (AvgIpc) is 2.78. The normalized spacial score (nSPS) is 11.4. The van der Waals surface area contributed by atoms with E-state index in [9.17, 15) is 0 Å². The summed E-state index contributed by atoms with van der Waals surface area (Å²) in [6.07, 6.45) is 0. The van der Waals surface area contributed by atoms with Gasteiger partial charge < -0.3 is 0 Å². The molecule has 0 unspecified atom stereocenters. The molecule has 0 bridgehead atoms. The summed E-state index contributed by atoms with van der Waals surface area (Å²) in [5, 5.41) is 2.36. The number of nitrogens with zero attached hydrogens (tertiary/aromatic N) is 2. The maximum Gasteiger partial charge on any atom is 0.0975 e. The second kappa shape index (κ2) is 7.14. The second-order valence-corrected chi connectivity index (χ2v) is 7.68. The molecule has 0 N–H and O–H groups in total. The van der Waals surface area contributed by atoms with Crippen molar-refractivity contribution in [1.29, 1.82) is 0 Å². The Hall–Kier alpha value is -3.52. The van der Waals surface area contributed by atoms with Crippen molar-refractivity contribution in [1.82, 2.24) is 9.97 Å². The summed E-state index contributed by atoms with van der Waals surface area (Å²) in [4.78, 5) is 10.3. The molecule has 5 rings (SSSR count). The summed E-state index contributed by atoms with van der Waals surface area (Å²) in [6.45, 7) is 4.37. The van der Waals surface area contributed by atoms with Gasteiger partial charge in [-0.2, -0.15) is 0 Å². The molecule has 0 spiro atoms. The van der Waals surface area contributed by atoms with Crippen molar-refractivity contribution in [3.05, 3.63) is 96.7 Å². The van der Waals surface area contributed by atoms with E-state index >= 15 is 0 Å². The molecule has 2 nitrogen and oxygen atoms in total. The molecule has 0 amide bonds. The summed E-state index contributed by atoms with van der Waals surface area (Å²) in [5.74, 6) is 0.279. The van der Waals surface area contributed by atoms with E-state index in [1.54, 1.807) is 0 Å². The molecule has 2 heteroatoms. The minimum Gasteiger partial charge on any atom is -0.248 e. The van der Waals surface area contributed by atoms with Gasteiger partial charge in [-0.25, -0.2) is 9.97 Å². The Labute approximate surface area is 170 Å². The first-order chi connectivity index (χ1) is 14.2. The maximum atomic E-state index is 5.20. The van der Waals surface area contributed by atoms with Gasteiger partial charge in [0.2, 0.25) is 0 Å². The first kappa shape index (κ1) is 17.6. The molecular formula is C27H22N2. The maximum absolute atomic E-state index is 5.20. The fourth-order valence-corrected chi connectivity index (χ4v) is 3.97. The number of hydrogen-bond acceptors (Lipinski definition) is 2. The molecule has 1 aromatic heterocycles. The van der Waals surface area contributed by atoms with Crippen LogP contribution in [0.15, 0.2) is 91.0 Å². The summed E-state index contributed by atoms with van der Waals surface area (Å²) in [7, 11) is 0. The fraction of sp³-hybridized carbons (Fsp3) is 0.111. The van der Waals surface area contributed by atoms with Crippen molar-refractivity contribution in [2.75, 3.05) is 0 Å². The zero-order chi connectivity index (χ0) is 19.8. The van der Waals surface area contributed by atoms with E-state index in [0.717, 1.165) is 28.0 Å². The lowest BCUT2D eigenvalue weighted by atomic mass is 9.96. The van der Waals surface area contributed by atoms with Gasteiger partial charge in [0.1, 0.15) is 0 Å². The van der Waals surface area contributed by atoms with Crippen LogP contribution in [0.1, 0.15) is 25.5 Å². The predicted octanol–water partition coefficient (Wildman–Crippen LogP) is 7.24.